The number of carbonyl (C=O) groups is 2. The van der Waals surface area contributed by atoms with Crippen LogP contribution < -0.4 is 0 Å². The molecule has 1 aromatic heterocycles. The van der Waals surface area contributed by atoms with E-state index < -0.39 is 0 Å². The molecule has 4 atom stereocenters. The lowest BCUT2D eigenvalue weighted by Crippen LogP contribution is -2.28. The number of fused-ring (bicyclic) bond motifs is 5. The van der Waals surface area contributed by atoms with Gasteiger partial charge in [-0.25, -0.2) is 0 Å². The molecule has 2 fully saturated rings. The quantitative estimate of drug-likeness (QED) is 0.435. The summed E-state index contributed by atoms with van der Waals surface area (Å²) >= 11 is 6.30. The zero-order valence-electron chi connectivity index (χ0n) is 16.6. The van der Waals surface area contributed by atoms with Crippen LogP contribution in [0.4, 0.5) is 0 Å². The van der Waals surface area contributed by atoms with Crippen LogP contribution in [0.5, 0.6) is 0 Å². The van der Waals surface area contributed by atoms with Gasteiger partial charge in [-0.15, -0.1) is 0 Å². The second kappa shape index (κ2) is 6.42. The lowest BCUT2D eigenvalue weighted by Gasteiger charge is -2.13. The van der Waals surface area contributed by atoms with E-state index in [2.05, 4.69) is 21.8 Å². The molecular formula is C23H22ClN3O2. The van der Waals surface area contributed by atoms with E-state index in [1.165, 1.54) is 0 Å². The van der Waals surface area contributed by atoms with E-state index in [1.54, 1.807) is 6.21 Å². The standard InChI is InChI=1S/C23H22ClN3O2/c1-12-4-7-18(10-19(12)24)26-13(2)8-17(14(26)3)11-25-27-22(28)20-15-5-6-16(9-15)21(20)23(27)29/h4-8,10-11,15-16,20-21H,9H2,1-3H3/b25-11-/t15-,16-,20+,21+/m0/s1. The van der Waals surface area contributed by atoms with Crippen LogP contribution in [0.3, 0.4) is 0 Å². The minimum atomic E-state index is -0.225. The number of nitrogens with zero attached hydrogens (tertiary/aromatic N) is 3. The predicted molar refractivity (Wildman–Crippen MR) is 112 cm³/mol. The Hall–Kier alpha value is -2.66. The molecule has 1 aromatic carbocycles. The molecule has 1 aliphatic heterocycles. The van der Waals surface area contributed by atoms with Crippen LogP contribution in [0.2, 0.25) is 5.02 Å². The molecule has 148 valence electrons. The van der Waals surface area contributed by atoms with Crippen LogP contribution in [0.15, 0.2) is 41.5 Å². The summed E-state index contributed by atoms with van der Waals surface area (Å²) in [6.07, 6.45) is 6.72. The van der Waals surface area contributed by atoms with Gasteiger partial charge in [0, 0.05) is 27.7 Å². The third-order valence-corrected chi connectivity index (χ3v) is 7.05. The van der Waals surface area contributed by atoms with Gasteiger partial charge in [-0.2, -0.15) is 10.1 Å². The first kappa shape index (κ1) is 18.4. The van der Waals surface area contributed by atoms with Crippen molar-refractivity contribution in [3.05, 3.63) is 64.0 Å². The Balaban J connectivity index is 1.44. The molecule has 0 unspecified atom stereocenters. The summed E-state index contributed by atoms with van der Waals surface area (Å²) < 4.78 is 2.10. The predicted octanol–water partition coefficient (Wildman–Crippen LogP) is 4.20. The first-order valence-electron chi connectivity index (χ1n) is 9.92. The van der Waals surface area contributed by atoms with Crippen LogP contribution in [-0.2, 0) is 9.59 Å². The van der Waals surface area contributed by atoms with Crippen molar-refractivity contribution in [1.29, 1.82) is 0 Å². The van der Waals surface area contributed by atoms with Crippen molar-refractivity contribution in [1.82, 2.24) is 9.58 Å². The molecule has 5 rings (SSSR count). The van der Waals surface area contributed by atoms with Gasteiger partial charge in [0.15, 0.2) is 0 Å². The van der Waals surface area contributed by atoms with Crippen molar-refractivity contribution in [2.24, 2.45) is 28.8 Å². The summed E-state index contributed by atoms with van der Waals surface area (Å²) in [5, 5.41) is 6.13. The first-order chi connectivity index (χ1) is 13.9. The molecule has 2 heterocycles. The average Bonchev–Trinajstić information content (AvgIpc) is 3.41. The van der Waals surface area contributed by atoms with Gasteiger partial charge >= 0.3 is 0 Å². The van der Waals surface area contributed by atoms with Crippen molar-refractivity contribution < 1.29 is 9.59 Å². The maximum Gasteiger partial charge on any atom is 0.254 e. The highest BCUT2D eigenvalue weighted by molar-refractivity contribution is 6.31. The Labute approximate surface area is 174 Å². The van der Waals surface area contributed by atoms with E-state index in [9.17, 15) is 9.59 Å². The average molecular weight is 408 g/mol. The van der Waals surface area contributed by atoms with Crippen LogP contribution in [-0.4, -0.2) is 27.6 Å². The molecule has 1 saturated heterocycles. The highest BCUT2D eigenvalue weighted by Crippen LogP contribution is 2.52. The number of amides is 2. The molecule has 3 aliphatic rings. The maximum absolute atomic E-state index is 12.8. The van der Waals surface area contributed by atoms with E-state index in [0.717, 1.165) is 39.6 Å². The van der Waals surface area contributed by atoms with Crippen molar-refractivity contribution in [2.75, 3.05) is 0 Å². The smallest absolute Gasteiger partial charge is 0.254 e. The third kappa shape index (κ3) is 2.64. The minimum absolute atomic E-state index is 0.160. The number of aryl methyl sites for hydroxylation is 2. The van der Waals surface area contributed by atoms with Crippen LogP contribution in [0.1, 0.15) is 28.9 Å². The molecule has 0 spiro atoms. The van der Waals surface area contributed by atoms with Crippen molar-refractivity contribution in [3.63, 3.8) is 0 Å². The SMILES string of the molecule is Cc1ccc(-n2c(C)cc(/C=N\N3C(=O)[C@H]4[C@H](C3=O)[C@H]3C=C[C@H]4C3)c2C)cc1Cl. The number of aromatic nitrogens is 1. The molecule has 29 heavy (non-hydrogen) atoms. The number of hydrogen-bond donors (Lipinski definition) is 0. The van der Waals surface area contributed by atoms with Gasteiger partial charge in [0.1, 0.15) is 0 Å². The monoisotopic (exact) mass is 407 g/mol. The lowest BCUT2D eigenvalue weighted by atomic mass is 9.85. The summed E-state index contributed by atoms with van der Waals surface area (Å²) in [5.74, 6) is -0.385. The third-order valence-electron chi connectivity index (χ3n) is 6.64. The topological polar surface area (TPSA) is 54.7 Å². The van der Waals surface area contributed by atoms with Gasteiger partial charge in [-0.1, -0.05) is 29.8 Å². The molecule has 5 nitrogen and oxygen atoms in total. The van der Waals surface area contributed by atoms with Crippen LogP contribution >= 0.6 is 11.6 Å². The van der Waals surface area contributed by atoms with Gasteiger partial charge in [0.2, 0.25) is 0 Å². The summed E-state index contributed by atoms with van der Waals surface area (Å²) in [5.41, 5.74) is 4.88. The van der Waals surface area contributed by atoms with E-state index in [4.69, 9.17) is 11.6 Å². The first-order valence-corrected chi connectivity index (χ1v) is 10.3. The Morgan fingerprint density at radius 1 is 1.03 bits per heavy atom. The van der Waals surface area contributed by atoms with Gasteiger partial charge in [0.25, 0.3) is 11.8 Å². The number of hydrogen-bond acceptors (Lipinski definition) is 3. The summed E-state index contributed by atoms with van der Waals surface area (Å²) in [6.45, 7) is 5.98. The lowest BCUT2D eigenvalue weighted by molar-refractivity contribution is -0.140. The number of carbonyl (C=O) groups excluding carboxylic acids is 2. The fourth-order valence-electron chi connectivity index (χ4n) is 5.16. The molecule has 2 aromatic rings. The molecule has 6 heteroatoms. The van der Waals surface area contributed by atoms with Gasteiger partial charge < -0.3 is 4.57 Å². The number of benzene rings is 1. The zero-order chi connectivity index (χ0) is 20.4. The van der Waals surface area contributed by atoms with Crippen molar-refractivity contribution in [2.45, 2.75) is 27.2 Å². The van der Waals surface area contributed by atoms with Crippen molar-refractivity contribution >= 4 is 29.6 Å². The normalized spacial score (nSPS) is 27.7. The Morgan fingerprint density at radius 2 is 1.69 bits per heavy atom. The van der Waals surface area contributed by atoms with Gasteiger partial charge in [-0.05, 0) is 62.8 Å². The summed E-state index contributed by atoms with van der Waals surface area (Å²) in [7, 11) is 0. The summed E-state index contributed by atoms with van der Waals surface area (Å²) in [6, 6.07) is 7.96. The fourth-order valence-corrected chi connectivity index (χ4v) is 5.33. The van der Waals surface area contributed by atoms with Crippen LogP contribution in [0.25, 0.3) is 5.69 Å². The molecule has 2 amide bonds. The fraction of sp³-hybridized carbons (Fsp3) is 0.348. The summed E-state index contributed by atoms with van der Waals surface area (Å²) in [4.78, 5) is 25.6. The Morgan fingerprint density at radius 3 is 2.31 bits per heavy atom. The molecule has 2 aliphatic carbocycles. The van der Waals surface area contributed by atoms with Crippen LogP contribution in [0, 0.1) is 44.4 Å². The maximum atomic E-state index is 12.8. The number of halogens is 1. The van der Waals surface area contributed by atoms with E-state index in [0.29, 0.717) is 5.02 Å². The Bertz CT molecular complexity index is 1080. The number of rotatable bonds is 3. The number of allylic oxidation sites excluding steroid dienone is 2. The highest BCUT2D eigenvalue weighted by Gasteiger charge is 2.59. The molecular weight excluding hydrogens is 386 g/mol. The Kier molecular flexibility index (Phi) is 4.07. The highest BCUT2D eigenvalue weighted by atomic mass is 35.5. The number of hydrazone groups is 1. The van der Waals surface area contributed by atoms with E-state index >= 15 is 0 Å². The second-order valence-electron chi connectivity index (χ2n) is 8.33. The van der Waals surface area contributed by atoms with E-state index in [1.807, 2.05) is 45.0 Å². The molecule has 0 N–H and O–H groups in total. The largest absolute Gasteiger partial charge is 0.318 e. The van der Waals surface area contributed by atoms with Crippen molar-refractivity contribution in [3.8, 4) is 5.69 Å². The van der Waals surface area contributed by atoms with Gasteiger partial charge in [0.05, 0.1) is 18.1 Å². The molecule has 0 radical (unpaired) electrons. The number of imide groups is 1. The molecule has 1 saturated carbocycles. The molecule has 2 bridgehead atoms. The second-order valence-corrected chi connectivity index (χ2v) is 8.74. The van der Waals surface area contributed by atoms with Gasteiger partial charge in [-0.3, -0.25) is 9.59 Å². The van der Waals surface area contributed by atoms with E-state index in [-0.39, 0.29) is 35.5 Å². The zero-order valence-corrected chi connectivity index (χ0v) is 17.3. The minimum Gasteiger partial charge on any atom is -0.318 e.